The molecule has 0 fully saturated rings. The standard InChI is InChI=1S/C44H28.C40H26.C36H24/c1-2-14-29(15-3-1)43-37-22-10-12-24-39(37)44(40-25-13-11-23-38(40)43)42-28-32(26-30-16-4-7-19-34(30)42)41-27-31-17-5-6-18-33(31)35-20-8-9-21-36(35)41;1-2-13-28(14-3-1)39-34-18-8-10-20-36(34)40(37-21-11-9-19-35(37)39)38-26-32(25-31-16-6-7-17-33(31)38)30-23-22-27-12-4-5-15-29(27)24-30;1-3-13-25(14-4-1)28-23-27-17-7-8-18-29(27)34(24-28)36-32-21-11-9-19-30(32)35(26-15-5-2-6-16-26)31-20-10-12-22-33(31)36/h1-28H;1-26H;1-24H. The molecule has 0 amide bonds. The zero-order valence-corrected chi connectivity index (χ0v) is 66.0. The van der Waals surface area contributed by atoms with Gasteiger partial charge in [-0.1, -0.05) is 425 Å². The lowest BCUT2D eigenvalue weighted by atomic mass is 9.83. The number of benzene rings is 24. The van der Waals surface area contributed by atoms with Crippen LogP contribution in [0.25, 0.3) is 229 Å². The van der Waals surface area contributed by atoms with Crippen LogP contribution in [0.5, 0.6) is 0 Å². The number of hydrogen-bond acceptors (Lipinski definition) is 0. The lowest BCUT2D eigenvalue weighted by Crippen LogP contribution is -1.93. The molecule has 0 saturated carbocycles. The van der Waals surface area contributed by atoms with Crippen molar-refractivity contribution < 1.29 is 0 Å². The van der Waals surface area contributed by atoms with Gasteiger partial charge in [0.25, 0.3) is 0 Å². The lowest BCUT2D eigenvalue weighted by molar-refractivity contribution is 1.63. The van der Waals surface area contributed by atoms with Gasteiger partial charge in [0.15, 0.2) is 0 Å². The summed E-state index contributed by atoms with van der Waals surface area (Å²) in [4.78, 5) is 0. The van der Waals surface area contributed by atoms with E-state index in [1.54, 1.807) is 0 Å². The molecule has 0 unspecified atom stereocenters. The average Bonchev–Trinajstić information content (AvgIpc) is 0.732. The van der Waals surface area contributed by atoms with E-state index < -0.39 is 0 Å². The Labute approximate surface area is 697 Å². The van der Waals surface area contributed by atoms with Crippen molar-refractivity contribution in [2.45, 2.75) is 0 Å². The topological polar surface area (TPSA) is 0 Å². The van der Waals surface area contributed by atoms with Crippen LogP contribution in [0.15, 0.2) is 473 Å². The summed E-state index contributed by atoms with van der Waals surface area (Å²) in [6.45, 7) is 0. The summed E-state index contributed by atoms with van der Waals surface area (Å²) in [6.07, 6.45) is 0. The minimum Gasteiger partial charge on any atom is -0.0622 e. The monoisotopic (exact) mass is 1520 g/mol. The summed E-state index contributed by atoms with van der Waals surface area (Å²) in [7, 11) is 0. The van der Waals surface area contributed by atoms with Crippen LogP contribution in [0.1, 0.15) is 0 Å². The van der Waals surface area contributed by atoms with Crippen LogP contribution in [0.3, 0.4) is 0 Å². The molecule has 0 heterocycles. The molecule has 0 aliphatic rings. The molecule has 0 atom stereocenters. The zero-order chi connectivity index (χ0) is 79.4. The van der Waals surface area contributed by atoms with Gasteiger partial charge in [-0.25, -0.2) is 0 Å². The molecule has 0 heteroatoms. The molecule has 24 aromatic rings. The first-order chi connectivity index (χ1) is 59.6. The highest BCUT2D eigenvalue weighted by molar-refractivity contribution is 6.28. The van der Waals surface area contributed by atoms with E-state index in [9.17, 15) is 0 Å². The highest BCUT2D eigenvalue weighted by atomic mass is 14.3. The van der Waals surface area contributed by atoms with Gasteiger partial charge in [-0.2, -0.15) is 0 Å². The van der Waals surface area contributed by atoms with E-state index in [0.717, 1.165) is 0 Å². The van der Waals surface area contributed by atoms with Gasteiger partial charge >= 0.3 is 0 Å². The van der Waals surface area contributed by atoms with Gasteiger partial charge in [0.2, 0.25) is 0 Å². The Hall–Kier alpha value is -15.6. The molecule has 0 N–H and O–H groups in total. The first-order valence-corrected chi connectivity index (χ1v) is 41.6. The molecule has 0 spiro atoms. The number of hydrogen-bond donors (Lipinski definition) is 0. The Bertz CT molecular complexity index is 7950. The summed E-state index contributed by atoms with van der Waals surface area (Å²) in [5.74, 6) is 0. The fraction of sp³-hybridized carbons (Fsp3) is 0. The van der Waals surface area contributed by atoms with Crippen LogP contribution in [-0.4, -0.2) is 0 Å². The molecule has 0 aliphatic carbocycles. The second-order valence-electron chi connectivity index (χ2n) is 31.5. The van der Waals surface area contributed by atoms with E-state index in [2.05, 4.69) is 473 Å². The maximum atomic E-state index is 2.44. The predicted molar refractivity (Wildman–Crippen MR) is 518 cm³/mol. The molecule has 0 aromatic heterocycles. The van der Waals surface area contributed by atoms with Crippen LogP contribution in [0, 0.1) is 0 Å². The predicted octanol–water partition coefficient (Wildman–Crippen LogP) is 33.9. The molecule has 0 radical (unpaired) electrons. The maximum absolute atomic E-state index is 2.44. The van der Waals surface area contributed by atoms with Gasteiger partial charge in [-0.05, 0) is 278 Å². The third-order valence-electron chi connectivity index (χ3n) is 24.6. The van der Waals surface area contributed by atoms with Crippen molar-refractivity contribution in [3.63, 3.8) is 0 Å². The smallest absolute Gasteiger partial charge is 0.00199 e. The van der Waals surface area contributed by atoms with Gasteiger partial charge in [0.1, 0.15) is 0 Å². The summed E-state index contributed by atoms with van der Waals surface area (Å²) in [5, 5.41) is 30.6. The summed E-state index contributed by atoms with van der Waals surface area (Å²) in [5.41, 5.74) is 22.8. The van der Waals surface area contributed by atoms with Gasteiger partial charge in [0.05, 0.1) is 0 Å². The summed E-state index contributed by atoms with van der Waals surface area (Å²) >= 11 is 0. The quantitative estimate of drug-likeness (QED) is 0.0998. The Morgan fingerprint density at radius 3 is 0.658 bits per heavy atom. The fourth-order valence-electron chi connectivity index (χ4n) is 19.3. The second-order valence-corrected chi connectivity index (χ2v) is 31.5. The van der Waals surface area contributed by atoms with Gasteiger partial charge in [0, 0.05) is 0 Å². The third kappa shape index (κ3) is 12.6. The van der Waals surface area contributed by atoms with E-state index in [-0.39, 0.29) is 0 Å². The number of fused-ring (bicyclic) bond motifs is 13. The van der Waals surface area contributed by atoms with Crippen LogP contribution < -0.4 is 0 Å². The Morgan fingerprint density at radius 2 is 0.308 bits per heavy atom. The van der Waals surface area contributed by atoms with E-state index >= 15 is 0 Å². The molecule has 120 heavy (non-hydrogen) atoms. The number of rotatable bonds is 9. The summed E-state index contributed by atoms with van der Waals surface area (Å²) < 4.78 is 0. The van der Waals surface area contributed by atoms with Crippen molar-refractivity contribution in [3.8, 4) is 100 Å². The highest BCUT2D eigenvalue weighted by Crippen LogP contribution is 2.52. The molecule has 24 rings (SSSR count). The Balaban J connectivity index is 0.000000109. The molecule has 0 nitrogen and oxygen atoms in total. The van der Waals surface area contributed by atoms with Gasteiger partial charge in [-0.3, -0.25) is 0 Å². The van der Waals surface area contributed by atoms with Crippen molar-refractivity contribution in [2.75, 3.05) is 0 Å². The normalized spacial score (nSPS) is 11.5. The molecule has 0 saturated heterocycles. The Morgan fingerprint density at radius 1 is 0.0833 bits per heavy atom. The van der Waals surface area contributed by atoms with Gasteiger partial charge < -0.3 is 0 Å². The molecule has 0 bridgehead atoms. The first-order valence-electron chi connectivity index (χ1n) is 41.6. The van der Waals surface area contributed by atoms with Crippen LogP contribution in [0.2, 0.25) is 0 Å². The minimum absolute atomic E-state index is 1.24. The van der Waals surface area contributed by atoms with Crippen molar-refractivity contribution in [1.82, 2.24) is 0 Å². The molecule has 558 valence electrons. The Kier molecular flexibility index (Phi) is 18.1. The van der Waals surface area contributed by atoms with Crippen LogP contribution in [0.4, 0.5) is 0 Å². The fourth-order valence-corrected chi connectivity index (χ4v) is 19.3. The maximum Gasteiger partial charge on any atom is -0.00199 e. The molecule has 0 aliphatic heterocycles. The second kappa shape index (κ2) is 30.5. The van der Waals surface area contributed by atoms with Gasteiger partial charge in [-0.15, -0.1) is 0 Å². The average molecular weight is 1520 g/mol. The van der Waals surface area contributed by atoms with Crippen molar-refractivity contribution in [2.24, 2.45) is 0 Å². The lowest BCUT2D eigenvalue weighted by Gasteiger charge is -2.20. The van der Waals surface area contributed by atoms with E-state index in [1.165, 1.54) is 229 Å². The van der Waals surface area contributed by atoms with E-state index in [4.69, 9.17) is 0 Å². The largest absolute Gasteiger partial charge is 0.0622 e. The minimum atomic E-state index is 1.24. The van der Waals surface area contributed by atoms with E-state index in [1.807, 2.05) is 0 Å². The highest BCUT2D eigenvalue weighted by Gasteiger charge is 2.24. The zero-order valence-electron chi connectivity index (χ0n) is 66.0. The first kappa shape index (κ1) is 71.0. The molecular weight excluding hydrogens is 1440 g/mol. The molecular formula is C120H78. The van der Waals surface area contributed by atoms with E-state index in [0.29, 0.717) is 0 Å². The van der Waals surface area contributed by atoms with Crippen LogP contribution in [-0.2, 0) is 0 Å². The van der Waals surface area contributed by atoms with Crippen molar-refractivity contribution >= 4 is 129 Å². The molecule has 24 aromatic carbocycles. The van der Waals surface area contributed by atoms with Crippen molar-refractivity contribution in [1.29, 1.82) is 0 Å². The third-order valence-corrected chi connectivity index (χ3v) is 24.6. The van der Waals surface area contributed by atoms with Crippen molar-refractivity contribution in [3.05, 3.63) is 473 Å². The summed E-state index contributed by atoms with van der Waals surface area (Å²) in [6, 6.07) is 173. The SMILES string of the molecule is c1ccc(-c2c3ccccc3c(-c3cc(-c4cc5ccccc5c5ccccc45)cc4ccccc34)c3ccccc23)cc1.c1ccc(-c2c3ccccc3c(-c3cc(-c4ccc5ccccc5c4)cc4ccccc34)c3ccccc23)cc1.c1ccc(-c2cc(-c3c4ccccc4c(-c4ccccc4)c4ccccc34)c3ccccc3c2)cc1. The van der Waals surface area contributed by atoms with Crippen LogP contribution >= 0.6 is 0 Å².